The Morgan fingerprint density at radius 1 is 1.45 bits per heavy atom. The lowest BCUT2D eigenvalue weighted by Crippen LogP contribution is -2.35. The maximum Gasteiger partial charge on any atom is 0.223 e. The number of nitrogens with one attached hydrogen (secondary N) is 2. The Labute approximate surface area is 130 Å². The van der Waals surface area contributed by atoms with E-state index in [9.17, 15) is 4.79 Å². The molecular formula is C17H21N3O2. The van der Waals surface area contributed by atoms with Crippen LogP contribution in [-0.4, -0.2) is 23.2 Å². The van der Waals surface area contributed by atoms with Gasteiger partial charge in [-0.15, -0.1) is 0 Å². The average Bonchev–Trinajstić information content (AvgIpc) is 3.02. The van der Waals surface area contributed by atoms with Crippen molar-refractivity contribution in [2.75, 3.05) is 7.11 Å². The first kappa shape index (κ1) is 14.6. The third kappa shape index (κ3) is 2.84. The van der Waals surface area contributed by atoms with Gasteiger partial charge in [-0.2, -0.15) is 5.10 Å². The summed E-state index contributed by atoms with van der Waals surface area (Å²) in [5.41, 5.74) is 3.33. The standard InChI is InChI=1S/C17H21N3O2/c1-11(14-5-3-4-6-16(14)22-2)19-17(21)12-7-8-15-13(9-12)10-18-20-15/h3-6,10-12H,7-9H2,1-2H3,(H,18,20)(H,19,21)/t11-,12-/m0/s1. The predicted octanol–water partition coefficient (Wildman–Crippen LogP) is 2.40. The Morgan fingerprint density at radius 3 is 3.09 bits per heavy atom. The van der Waals surface area contributed by atoms with Gasteiger partial charge < -0.3 is 10.1 Å². The zero-order valence-electron chi connectivity index (χ0n) is 12.9. The van der Waals surface area contributed by atoms with E-state index < -0.39 is 0 Å². The Balaban J connectivity index is 1.67. The molecule has 5 nitrogen and oxygen atoms in total. The molecule has 0 fully saturated rings. The molecule has 5 heteroatoms. The minimum absolute atomic E-state index is 0.0160. The summed E-state index contributed by atoms with van der Waals surface area (Å²) >= 11 is 0. The molecule has 0 aliphatic heterocycles. The van der Waals surface area contributed by atoms with Gasteiger partial charge in [0, 0.05) is 17.2 Å². The van der Waals surface area contributed by atoms with Gasteiger partial charge in [0.25, 0.3) is 0 Å². The van der Waals surface area contributed by atoms with E-state index in [0.717, 1.165) is 36.1 Å². The van der Waals surface area contributed by atoms with Crippen molar-refractivity contribution in [1.82, 2.24) is 15.5 Å². The number of benzene rings is 1. The molecule has 1 aliphatic carbocycles. The molecule has 0 bridgehead atoms. The fraction of sp³-hybridized carbons (Fsp3) is 0.412. The molecule has 1 aromatic heterocycles. The van der Waals surface area contributed by atoms with E-state index in [-0.39, 0.29) is 17.9 Å². The highest BCUT2D eigenvalue weighted by Crippen LogP contribution is 2.27. The predicted molar refractivity (Wildman–Crippen MR) is 83.7 cm³/mol. The number of aromatic nitrogens is 2. The van der Waals surface area contributed by atoms with E-state index in [2.05, 4.69) is 15.5 Å². The van der Waals surface area contributed by atoms with E-state index in [1.807, 2.05) is 37.4 Å². The number of aromatic amines is 1. The molecule has 0 saturated heterocycles. The number of amides is 1. The van der Waals surface area contributed by atoms with Crippen molar-refractivity contribution in [3.05, 3.63) is 47.3 Å². The van der Waals surface area contributed by atoms with Crippen molar-refractivity contribution in [2.45, 2.75) is 32.2 Å². The molecule has 0 unspecified atom stereocenters. The molecule has 2 N–H and O–H groups in total. The monoisotopic (exact) mass is 299 g/mol. The number of carbonyl (C=O) groups is 1. The molecule has 116 valence electrons. The number of rotatable bonds is 4. The molecule has 1 heterocycles. The lowest BCUT2D eigenvalue weighted by atomic mass is 9.87. The quantitative estimate of drug-likeness (QED) is 0.911. The summed E-state index contributed by atoms with van der Waals surface area (Å²) in [7, 11) is 1.65. The minimum atomic E-state index is -0.0746. The third-order valence-electron chi connectivity index (χ3n) is 4.35. The highest BCUT2D eigenvalue weighted by Gasteiger charge is 2.27. The highest BCUT2D eigenvalue weighted by molar-refractivity contribution is 5.79. The number of fused-ring (bicyclic) bond motifs is 1. The summed E-state index contributed by atoms with van der Waals surface area (Å²) in [6.07, 6.45) is 4.34. The normalized spacial score (nSPS) is 18.4. The summed E-state index contributed by atoms with van der Waals surface area (Å²) < 4.78 is 5.37. The first-order valence-corrected chi connectivity index (χ1v) is 7.63. The number of aryl methyl sites for hydroxylation is 1. The molecule has 22 heavy (non-hydrogen) atoms. The van der Waals surface area contributed by atoms with Crippen LogP contribution in [0.3, 0.4) is 0 Å². The topological polar surface area (TPSA) is 67.0 Å². The van der Waals surface area contributed by atoms with Gasteiger partial charge in [-0.25, -0.2) is 0 Å². The van der Waals surface area contributed by atoms with E-state index >= 15 is 0 Å². The van der Waals surface area contributed by atoms with Crippen LogP contribution in [-0.2, 0) is 17.6 Å². The second-order valence-corrected chi connectivity index (χ2v) is 5.79. The van der Waals surface area contributed by atoms with Gasteiger partial charge in [0.1, 0.15) is 5.75 Å². The van der Waals surface area contributed by atoms with Gasteiger partial charge in [0.2, 0.25) is 5.91 Å². The van der Waals surface area contributed by atoms with Crippen LogP contribution in [0.4, 0.5) is 0 Å². The molecule has 1 aliphatic rings. The summed E-state index contributed by atoms with van der Waals surface area (Å²) in [5.74, 6) is 0.920. The zero-order chi connectivity index (χ0) is 15.5. The summed E-state index contributed by atoms with van der Waals surface area (Å²) in [6, 6.07) is 7.71. The van der Waals surface area contributed by atoms with Crippen LogP contribution < -0.4 is 10.1 Å². The second-order valence-electron chi connectivity index (χ2n) is 5.79. The largest absolute Gasteiger partial charge is 0.496 e. The van der Waals surface area contributed by atoms with Gasteiger partial charge in [0.15, 0.2) is 0 Å². The van der Waals surface area contributed by atoms with E-state index in [4.69, 9.17) is 4.74 Å². The molecule has 0 radical (unpaired) electrons. The van der Waals surface area contributed by atoms with Crippen molar-refractivity contribution in [2.24, 2.45) is 5.92 Å². The van der Waals surface area contributed by atoms with Crippen molar-refractivity contribution >= 4 is 5.91 Å². The first-order chi connectivity index (χ1) is 10.7. The van der Waals surface area contributed by atoms with Crippen molar-refractivity contribution in [1.29, 1.82) is 0 Å². The van der Waals surface area contributed by atoms with Crippen LogP contribution in [0.2, 0.25) is 0 Å². The van der Waals surface area contributed by atoms with Gasteiger partial charge in [0.05, 0.1) is 19.3 Å². The number of methoxy groups -OCH3 is 1. The van der Waals surface area contributed by atoms with Crippen molar-refractivity contribution in [3.63, 3.8) is 0 Å². The van der Waals surface area contributed by atoms with Crippen LogP contribution in [0.5, 0.6) is 5.75 Å². The van der Waals surface area contributed by atoms with Crippen LogP contribution >= 0.6 is 0 Å². The molecular weight excluding hydrogens is 278 g/mol. The van der Waals surface area contributed by atoms with E-state index in [1.54, 1.807) is 7.11 Å². The minimum Gasteiger partial charge on any atom is -0.496 e. The Kier molecular flexibility index (Phi) is 4.13. The van der Waals surface area contributed by atoms with E-state index in [1.165, 1.54) is 5.69 Å². The molecule has 1 amide bonds. The number of hydrogen-bond donors (Lipinski definition) is 2. The van der Waals surface area contributed by atoms with Crippen LogP contribution in [0.1, 0.15) is 36.2 Å². The average molecular weight is 299 g/mol. The summed E-state index contributed by atoms with van der Waals surface area (Å²) in [4.78, 5) is 12.5. The Hall–Kier alpha value is -2.30. The number of para-hydroxylation sites is 1. The lowest BCUT2D eigenvalue weighted by molar-refractivity contribution is -0.126. The first-order valence-electron chi connectivity index (χ1n) is 7.63. The number of carbonyl (C=O) groups excluding carboxylic acids is 1. The van der Waals surface area contributed by atoms with Crippen molar-refractivity contribution < 1.29 is 9.53 Å². The number of hydrogen-bond acceptors (Lipinski definition) is 3. The smallest absolute Gasteiger partial charge is 0.223 e. The van der Waals surface area contributed by atoms with Crippen LogP contribution in [0, 0.1) is 5.92 Å². The Bertz CT molecular complexity index is 665. The van der Waals surface area contributed by atoms with E-state index in [0.29, 0.717) is 0 Å². The number of H-pyrrole nitrogens is 1. The van der Waals surface area contributed by atoms with Gasteiger partial charge >= 0.3 is 0 Å². The highest BCUT2D eigenvalue weighted by atomic mass is 16.5. The molecule has 3 rings (SSSR count). The maximum atomic E-state index is 12.5. The molecule has 0 saturated carbocycles. The fourth-order valence-corrected chi connectivity index (χ4v) is 3.07. The second kappa shape index (κ2) is 6.22. The number of ether oxygens (including phenoxy) is 1. The maximum absolute atomic E-state index is 12.5. The summed E-state index contributed by atoms with van der Waals surface area (Å²) in [5, 5.41) is 10.2. The Morgan fingerprint density at radius 2 is 2.27 bits per heavy atom. The number of nitrogens with zero attached hydrogens (tertiary/aromatic N) is 1. The molecule has 0 spiro atoms. The fourth-order valence-electron chi connectivity index (χ4n) is 3.07. The SMILES string of the molecule is COc1ccccc1[C@H](C)NC(=O)[C@H]1CCc2[nH]ncc2C1. The molecule has 2 atom stereocenters. The zero-order valence-corrected chi connectivity index (χ0v) is 12.9. The van der Waals surface area contributed by atoms with Gasteiger partial charge in [-0.05, 0) is 37.8 Å². The van der Waals surface area contributed by atoms with Gasteiger partial charge in [-0.3, -0.25) is 9.89 Å². The lowest BCUT2D eigenvalue weighted by Gasteiger charge is -2.24. The van der Waals surface area contributed by atoms with Crippen LogP contribution in [0.15, 0.2) is 30.5 Å². The third-order valence-corrected chi connectivity index (χ3v) is 4.35. The molecule has 1 aromatic carbocycles. The van der Waals surface area contributed by atoms with Gasteiger partial charge in [-0.1, -0.05) is 18.2 Å². The molecule has 2 aromatic rings. The summed E-state index contributed by atoms with van der Waals surface area (Å²) in [6.45, 7) is 1.99. The van der Waals surface area contributed by atoms with Crippen molar-refractivity contribution in [3.8, 4) is 5.75 Å². The van der Waals surface area contributed by atoms with Crippen LogP contribution in [0.25, 0.3) is 0 Å².